The topological polar surface area (TPSA) is 88.2 Å². The molecule has 0 amide bonds. The van der Waals surface area contributed by atoms with Gasteiger partial charge in [-0.3, -0.25) is 9.48 Å². The molecule has 1 aromatic rings. The molecule has 14 heavy (non-hydrogen) atoms. The zero-order valence-electron chi connectivity index (χ0n) is 7.76. The Labute approximate surface area is 81.2 Å². The summed E-state index contributed by atoms with van der Waals surface area (Å²) in [6, 6.07) is 0. The Hall–Kier alpha value is -1.43. The number of aromatic nitrogens is 3. The highest BCUT2D eigenvalue weighted by Crippen LogP contribution is 1.98. The molecule has 6 nitrogen and oxygen atoms in total. The number of carboxylic acid groups (broad SMARTS) is 1. The summed E-state index contributed by atoms with van der Waals surface area (Å²) in [7, 11) is 0. The summed E-state index contributed by atoms with van der Waals surface area (Å²) in [5.41, 5.74) is 0.672. The Balaban J connectivity index is 2.38. The van der Waals surface area contributed by atoms with Gasteiger partial charge in [0.2, 0.25) is 0 Å². The third kappa shape index (κ3) is 3.53. The van der Waals surface area contributed by atoms with Gasteiger partial charge >= 0.3 is 5.97 Å². The zero-order chi connectivity index (χ0) is 10.4. The van der Waals surface area contributed by atoms with E-state index >= 15 is 0 Å². The second-order valence-electron chi connectivity index (χ2n) is 2.94. The SMILES string of the molecule is O=C(O)CCc1cn(CCCO)nn1. The Kier molecular flexibility index (Phi) is 4.06. The molecule has 0 atom stereocenters. The summed E-state index contributed by atoms with van der Waals surface area (Å²) in [6.45, 7) is 0.723. The number of carboxylic acids is 1. The molecular formula is C8H13N3O3. The molecule has 0 aromatic carbocycles. The van der Waals surface area contributed by atoms with Gasteiger partial charge in [0.25, 0.3) is 0 Å². The largest absolute Gasteiger partial charge is 0.481 e. The van der Waals surface area contributed by atoms with Crippen LogP contribution in [0.3, 0.4) is 0 Å². The maximum absolute atomic E-state index is 10.3. The molecule has 1 rings (SSSR count). The van der Waals surface area contributed by atoms with Crippen LogP contribution in [0.4, 0.5) is 0 Å². The van der Waals surface area contributed by atoms with E-state index in [0.717, 1.165) is 0 Å². The van der Waals surface area contributed by atoms with Crippen LogP contribution >= 0.6 is 0 Å². The van der Waals surface area contributed by atoms with Gasteiger partial charge in [-0.25, -0.2) is 0 Å². The Morgan fingerprint density at radius 2 is 2.36 bits per heavy atom. The Bertz CT molecular complexity index is 298. The second kappa shape index (κ2) is 5.33. The van der Waals surface area contributed by atoms with Crippen molar-refractivity contribution in [3.05, 3.63) is 11.9 Å². The van der Waals surface area contributed by atoms with E-state index in [4.69, 9.17) is 10.2 Å². The molecule has 0 aliphatic heterocycles. The van der Waals surface area contributed by atoms with E-state index in [9.17, 15) is 4.79 Å². The fourth-order valence-corrected chi connectivity index (χ4v) is 1.03. The lowest BCUT2D eigenvalue weighted by Gasteiger charge is -1.95. The van der Waals surface area contributed by atoms with Crippen molar-refractivity contribution in [2.75, 3.05) is 6.61 Å². The van der Waals surface area contributed by atoms with Crippen LogP contribution < -0.4 is 0 Å². The van der Waals surface area contributed by atoms with Crippen molar-refractivity contribution in [3.8, 4) is 0 Å². The lowest BCUT2D eigenvalue weighted by Crippen LogP contribution is -2.00. The lowest BCUT2D eigenvalue weighted by molar-refractivity contribution is -0.136. The van der Waals surface area contributed by atoms with Crippen LogP contribution in [0.1, 0.15) is 18.5 Å². The molecule has 78 valence electrons. The van der Waals surface area contributed by atoms with Crippen molar-refractivity contribution in [2.24, 2.45) is 0 Å². The summed E-state index contributed by atoms with van der Waals surface area (Å²) in [4.78, 5) is 10.3. The predicted molar refractivity (Wildman–Crippen MR) is 47.7 cm³/mol. The van der Waals surface area contributed by atoms with Crippen LogP contribution in [0, 0.1) is 0 Å². The quantitative estimate of drug-likeness (QED) is 0.655. The number of rotatable bonds is 6. The molecule has 6 heteroatoms. The monoisotopic (exact) mass is 199 g/mol. The number of aliphatic carboxylic acids is 1. The molecule has 0 fully saturated rings. The molecule has 0 saturated carbocycles. The first-order valence-corrected chi connectivity index (χ1v) is 4.44. The lowest BCUT2D eigenvalue weighted by atomic mass is 10.2. The summed E-state index contributed by atoms with van der Waals surface area (Å²) >= 11 is 0. The molecule has 0 bridgehead atoms. The number of hydrogen-bond donors (Lipinski definition) is 2. The maximum Gasteiger partial charge on any atom is 0.303 e. The van der Waals surface area contributed by atoms with Crippen molar-refractivity contribution in [3.63, 3.8) is 0 Å². The molecule has 2 N–H and O–H groups in total. The molecular weight excluding hydrogens is 186 g/mol. The van der Waals surface area contributed by atoms with Crippen molar-refractivity contribution in [1.29, 1.82) is 0 Å². The number of aliphatic hydroxyl groups is 1. The summed E-state index contributed by atoms with van der Waals surface area (Å²) in [6.07, 6.45) is 2.80. The highest BCUT2D eigenvalue weighted by molar-refractivity contribution is 5.66. The third-order valence-corrected chi connectivity index (χ3v) is 1.73. The van der Waals surface area contributed by atoms with Gasteiger partial charge < -0.3 is 10.2 Å². The van der Waals surface area contributed by atoms with E-state index in [0.29, 0.717) is 25.1 Å². The minimum absolute atomic E-state index is 0.0681. The average Bonchev–Trinajstić information content (AvgIpc) is 2.59. The zero-order valence-corrected chi connectivity index (χ0v) is 7.76. The molecule has 0 radical (unpaired) electrons. The number of aryl methyl sites for hydroxylation is 2. The van der Waals surface area contributed by atoms with Gasteiger partial charge in [0, 0.05) is 25.8 Å². The molecule has 1 aromatic heterocycles. The first kappa shape index (κ1) is 10.6. The summed E-state index contributed by atoms with van der Waals surface area (Å²) < 4.78 is 1.60. The molecule has 1 heterocycles. The molecule has 0 unspecified atom stereocenters. The van der Waals surface area contributed by atoms with E-state index in [1.807, 2.05) is 0 Å². The second-order valence-corrected chi connectivity index (χ2v) is 2.94. The van der Waals surface area contributed by atoms with E-state index in [2.05, 4.69) is 10.3 Å². The fraction of sp³-hybridized carbons (Fsp3) is 0.625. The van der Waals surface area contributed by atoms with Crippen LogP contribution in [0.5, 0.6) is 0 Å². The van der Waals surface area contributed by atoms with Crippen molar-refractivity contribution < 1.29 is 15.0 Å². The highest BCUT2D eigenvalue weighted by atomic mass is 16.4. The molecule has 0 aliphatic rings. The third-order valence-electron chi connectivity index (χ3n) is 1.73. The van der Waals surface area contributed by atoms with Gasteiger partial charge in [0.1, 0.15) is 0 Å². The van der Waals surface area contributed by atoms with Gasteiger partial charge in [0.05, 0.1) is 12.1 Å². The Morgan fingerprint density at radius 1 is 1.57 bits per heavy atom. The minimum atomic E-state index is -0.838. The van der Waals surface area contributed by atoms with Gasteiger partial charge in [-0.1, -0.05) is 5.21 Å². The number of hydrogen-bond acceptors (Lipinski definition) is 4. The van der Waals surface area contributed by atoms with Gasteiger partial charge in [0.15, 0.2) is 0 Å². The molecule has 0 saturated heterocycles. The molecule has 0 aliphatic carbocycles. The van der Waals surface area contributed by atoms with Crippen LogP contribution in [0.2, 0.25) is 0 Å². The van der Waals surface area contributed by atoms with Crippen LogP contribution in [0.25, 0.3) is 0 Å². The van der Waals surface area contributed by atoms with Crippen LogP contribution in [-0.2, 0) is 17.8 Å². The van der Waals surface area contributed by atoms with Gasteiger partial charge in [-0.05, 0) is 6.42 Å². The van der Waals surface area contributed by atoms with Crippen LogP contribution in [-0.4, -0.2) is 37.8 Å². The van der Waals surface area contributed by atoms with Gasteiger partial charge in [-0.2, -0.15) is 0 Å². The van der Waals surface area contributed by atoms with Crippen LogP contribution in [0.15, 0.2) is 6.20 Å². The number of aliphatic hydroxyl groups excluding tert-OH is 1. The standard InChI is InChI=1S/C8H13N3O3/c12-5-1-4-11-6-7(9-10-11)2-3-8(13)14/h6,12H,1-5H2,(H,13,14). The number of carbonyl (C=O) groups is 1. The van der Waals surface area contributed by atoms with Crippen molar-refractivity contribution in [2.45, 2.75) is 25.8 Å². The first-order chi connectivity index (χ1) is 6.72. The number of nitrogens with zero attached hydrogens (tertiary/aromatic N) is 3. The maximum atomic E-state index is 10.3. The first-order valence-electron chi connectivity index (χ1n) is 4.44. The average molecular weight is 199 g/mol. The van der Waals surface area contributed by atoms with E-state index in [1.54, 1.807) is 10.9 Å². The van der Waals surface area contributed by atoms with E-state index in [-0.39, 0.29) is 13.0 Å². The predicted octanol–water partition coefficient (Wildman–Crippen LogP) is -0.322. The summed E-state index contributed by atoms with van der Waals surface area (Å²) in [5.74, 6) is -0.838. The summed E-state index contributed by atoms with van der Waals surface area (Å²) in [5, 5.41) is 24.6. The fourth-order valence-electron chi connectivity index (χ4n) is 1.03. The highest BCUT2D eigenvalue weighted by Gasteiger charge is 2.03. The smallest absolute Gasteiger partial charge is 0.303 e. The van der Waals surface area contributed by atoms with E-state index in [1.165, 1.54) is 0 Å². The van der Waals surface area contributed by atoms with Crippen molar-refractivity contribution >= 4 is 5.97 Å². The normalized spacial score (nSPS) is 10.4. The van der Waals surface area contributed by atoms with Gasteiger partial charge in [-0.15, -0.1) is 5.10 Å². The van der Waals surface area contributed by atoms with Crippen molar-refractivity contribution in [1.82, 2.24) is 15.0 Å². The Morgan fingerprint density at radius 3 is 3.00 bits per heavy atom. The van der Waals surface area contributed by atoms with E-state index < -0.39 is 5.97 Å². The molecule has 0 spiro atoms. The minimum Gasteiger partial charge on any atom is -0.481 e.